The minimum atomic E-state index is -0.987. The zero-order chi connectivity index (χ0) is 18.7. The second kappa shape index (κ2) is 7.75. The van der Waals surface area contributed by atoms with Crippen molar-refractivity contribution >= 4 is 23.4 Å². The zero-order valence-corrected chi connectivity index (χ0v) is 15.2. The van der Waals surface area contributed by atoms with E-state index in [0.29, 0.717) is 23.4 Å². The number of ether oxygens (including phenoxy) is 1. The van der Waals surface area contributed by atoms with Crippen LogP contribution in [0, 0.1) is 0 Å². The quantitative estimate of drug-likeness (QED) is 0.801. The summed E-state index contributed by atoms with van der Waals surface area (Å²) < 4.78 is 5.16. The third-order valence-corrected chi connectivity index (χ3v) is 4.92. The maximum Gasteiger partial charge on any atom is 0.331 e. The van der Waals surface area contributed by atoms with Gasteiger partial charge in [0.05, 0.1) is 7.11 Å². The molecular weight excluding hydrogens is 352 g/mol. The van der Waals surface area contributed by atoms with Crippen LogP contribution in [0.25, 0.3) is 11.1 Å². The molecule has 4 nitrogen and oxygen atoms in total. The van der Waals surface area contributed by atoms with Crippen molar-refractivity contribution in [1.82, 2.24) is 0 Å². The molecule has 2 aromatic carbocycles. The average Bonchev–Trinajstić information content (AvgIpc) is 3.12. The van der Waals surface area contributed by atoms with Crippen molar-refractivity contribution in [2.45, 2.75) is 25.7 Å². The minimum Gasteiger partial charge on any atom is -0.497 e. The Bertz CT molecular complexity index is 881. The van der Waals surface area contributed by atoms with Crippen molar-refractivity contribution in [3.63, 3.8) is 0 Å². The Morgan fingerprint density at radius 1 is 1.08 bits per heavy atom. The Morgan fingerprint density at radius 3 is 2.38 bits per heavy atom. The summed E-state index contributed by atoms with van der Waals surface area (Å²) in [7, 11) is 1.61. The highest BCUT2D eigenvalue weighted by molar-refractivity contribution is 6.33. The molecule has 2 aromatic rings. The lowest BCUT2D eigenvalue weighted by molar-refractivity contribution is -0.133. The number of carbonyl (C=O) groups excluding carboxylic acids is 1. The van der Waals surface area contributed by atoms with Crippen molar-refractivity contribution in [3.8, 4) is 16.9 Å². The molecule has 1 aliphatic rings. The van der Waals surface area contributed by atoms with Crippen LogP contribution in [-0.4, -0.2) is 24.0 Å². The first-order valence-corrected chi connectivity index (χ1v) is 8.78. The van der Waals surface area contributed by atoms with Gasteiger partial charge in [-0.15, -0.1) is 0 Å². The van der Waals surface area contributed by atoms with E-state index >= 15 is 0 Å². The largest absolute Gasteiger partial charge is 0.497 e. The molecule has 0 saturated heterocycles. The fourth-order valence-corrected chi connectivity index (χ4v) is 3.57. The first-order chi connectivity index (χ1) is 12.5. The Kier molecular flexibility index (Phi) is 5.43. The summed E-state index contributed by atoms with van der Waals surface area (Å²) in [5.41, 5.74) is 3.32. The van der Waals surface area contributed by atoms with Crippen LogP contribution in [0.3, 0.4) is 0 Å². The third-order valence-electron chi connectivity index (χ3n) is 4.61. The molecule has 0 radical (unpaired) electrons. The number of allylic oxidation sites excluding steroid dienone is 1. The number of rotatable bonds is 6. The maximum atomic E-state index is 12.5. The van der Waals surface area contributed by atoms with Gasteiger partial charge in [0.2, 0.25) is 0 Å². The van der Waals surface area contributed by atoms with Gasteiger partial charge in [-0.2, -0.15) is 0 Å². The lowest BCUT2D eigenvalue weighted by Crippen LogP contribution is -2.10. The smallest absolute Gasteiger partial charge is 0.331 e. The monoisotopic (exact) mass is 370 g/mol. The molecule has 0 amide bonds. The number of hydrogen-bond acceptors (Lipinski definition) is 3. The van der Waals surface area contributed by atoms with Crippen LogP contribution in [0.15, 0.2) is 53.6 Å². The molecule has 0 heterocycles. The molecule has 0 bridgehead atoms. The highest BCUT2D eigenvalue weighted by Gasteiger charge is 2.25. The summed E-state index contributed by atoms with van der Waals surface area (Å²) in [6, 6.07) is 13.1. The van der Waals surface area contributed by atoms with E-state index in [1.165, 1.54) is 0 Å². The normalized spacial score (nSPS) is 13.8. The van der Waals surface area contributed by atoms with Crippen LogP contribution in [0.5, 0.6) is 5.75 Å². The zero-order valence-electron chi connectivity index (χ0n) is 14.4. The summed E-state index contributed by atoms with van der Waals surface area (Å²) in [5, 5.41) is 9.76. The fraction of sp³-hybridized carbons (Fsp3) is 0.238. The summed E-state index contributed by atoms with van der Waals surface area (Å²) in [4.78, 5) is 23.7. The molecule has 134 valence electrons. The van der Waals surface area contributed by atoms with Crippen molar-refractivity contribution in [1.29, 1.82) is 0 Å². The predicted octanol–water partition coefficient (Wildman–Crippen LogP) is 4.69. The Hall–Kier alpha value is -2.59. The molecule has 0 aliphatic heterocycles. The van der Waals surface area contributed by atoms with Gasteiger partial charge in [0.25, 0.3) is 0 Å². The summed E-state index contributed by atoms with van der Waals surface area (Å²) in [5.74, 6) is -0.349. The number of methoxy groups -OCH3 is 1. The van der Waals surface area contributed by atoms with Gasteiger partial charge in [-0.25, -0.2) is 4.79 Å². The standard InChI is InChI=1S/C21H19ClO4/c1-26-15-8-6-14(7-9-15)16-10-5-13(11-19(16)22)12-20(23)17-3-2-4-18(17)21(24)25/h5-11H,2-4,12H2,1H3,(H,24,25). The highest BCUT2D eigenvalue weighted by atomic mass is 35.5. The van der Waals surface area contributed by atoms with E-state index in [2.05, 4.69) is 0 Å². The number of benzene rings is 2. The number of ketones is 1. The third kappa shape index (κ3) is 3.81. The molecule has 0 spiro atoms. The summed E-state index contributed by atoms with van der Waals surface area (Å²) in [6.45, 7) is 0. The van der Waals surface area contributed by atoms with Crippen LogP contribution < -0.4 is 4.74 Å². The van der Waals surface area contributed by atoms with Crippen LogP contribution >= 0.6 is 11.6 Å². The molecule has 3 rings (SSSR count). The number of carboxylic acid groups (broad SMARTS) is 1. The summed E-state index contributed by atoms with van der Waals surface area (Å²) >= 11 is 6.41. The first kappa shape index (κ1) is 18.2. The van der Waals surface area contributed by atoms with E-state index in [4.69, 9.17) is 16.3 Å². The predicted molar refractivity (Wildman–Crippen MR) is 101 cm³/mol. The topological polar surface area (TPSA) is 63.6 Å². The van der Waals surface area contributed by atoms with E-state index in [1.807, 2.05) is 36.4 Å². The number of carboxylic acids is 1. The number of carbonyl (C=O) groups is 2. The number of Topliss-reactive ketones (excluding diaryl/α,β-unsaturated/α-hetero) is 1. The fourth-order valence-electron chi connectivity index (χ4n) is 3.25. The molecule has 0 atom stereocenters. The molecular formula is C21H19ClO4. The SMILES string of the molecule is COc1ccc(-c2ccc(CC(=O)C3=C(C(=O)O)CCC3)cc2Cl)cc1. The molecule has 0 aromatic heterocycles. The van der Waals surface area contributed by atoms with Gasteiger partial charge in [0, 0.05) is 28.2 Å². The van der Waals surface area contributed by atoms with Crippen LogP contribution in [0.4, 0.5) is 0 Å². The van der Waals surface area contributed by atoms with E-state index in [0.717, 1.165) is 28.9 Å². The van der Waals surface area contributed by atoms with Crippen molar-refractivity contribution in [2.24, 2.45) is 0 Å². The van der Waals surface area contributed by atoms with Gasteiger partial charge < -0.3 is 9.84 Å². The van der Waals surface area contributed by atoms with E-state index < -0.39 is 5.97 Å². The second-order valence-electron chi connectivity index (χ2n) is 6.26. The van der Waals surface area contributed by atoms with E-state index in [9.17, 15) is 14.7 Å². The molecule has 0 saturated carbocycles. The van der Waals surface area contributed by atoms with Crippen LogP contribution in [0.2, 0.25) is 5.02 Å². The molecule has 26 heavy (non-hydrogen) atoms. The van der Waals surface area contributed by atoms with E-state index in [-0.39, 0.29) is 17.8 Å². The number of hydrogen-bond donors (Lipinski definition) is 1. The summed E-state index contributed by atoms with van der Waals surface area (Å²) in [6.07, 6.45) is 1.89. The first-order valence-electron chi connectivity index (χ1n) is 8.41. The van der Waals surface area contributed by atoms with E-state index in [1.54, 1.807) is 13.2 Å². The number of halogens is 1. The molecule has 0 unspecified atom stereocenters. The van der Waals surface area contributed by atoms with Crippen molar-refractivity contribution < 1.29 is 19.4 Å². The Labute approximate surface area is 157 Å². The van der Waals surface area contributed by atoms with Crippen molar-refractivity contribution in [2.75, 3.05) is 7.11 Å². The maximum absolute atomic E-state index is 12.5. The van der Waals surface area contributed by atoms with Gasteiger partial charge in [-0.05, 0) is 48.6 Å². The minimum absolute atomic E-state index is 0.131. The lowest BCUT2D eigenvalue weighted by Gasteiger charge is -2.09. The van der Waals surface area contributed by atoms with Gasteiger partial charge >= 0.3 is 5.97 Å². The van der Waals surface area contributed by atoms with Gasteiger partial charge in [0.15, 0.2) is 5.78 Å². The molecule has 1 aliphatic carbocycles. The Morgan fingerprint density at radius 2 is 1.77 bits per heavy atom. The molecule has 0 fully saturated rings. The highest BCUT2D eigenvalue weighted by Crippen LogP contribution is 2.31. The number of aliphatic carboxylic acids is 1. The van der Waals surface area contributed by atoms with Gasteiger partial charge in [0.1, 0.15) is 5.75 Å². The molecule has 5 heteroatoms. The van der Waals surface area contributed by atoms with Crippen LogP contribution in [-0.2, 0) is 16.0 Å². The van der Waals surface area contributed by atoms with Gasteiger partial charge in [-0.3, -0.25) is 4.79 Å². The van der Waals surface area contributed by atoms with Crippen LogP contribution in [0.1, 0.15) is 24.8 Å². The molecule has 1 N–H and O–H groups in total. The lowest BCUT2D eigenvalue weighted by atomic mass is 9.98. The average molecular weight is 371 g/mol. The van der Waals surface area contributed by atoms with Crippen molar-refractivity contribution in [3.05, 3.63) is 64.2 Å². The second-order valence-corrected chi connectivity index (χ2v) is 6.67. The Balaban J connectivity index is 1.80. The van der Waals surface area contributed by atoms with Gasteiger partial charge in [-0.1, -0.05) is 35.9 Å².